The maximum absolute atomic E-state index is 12.8. The van der Waals surface area contributed by atoms with Gasteiger partial charge in [0.1, 0.15) is 5.78 Å². The predicted molar refractivity (Wildman–Crippen MR) is 61.6 cm³/mol. The molecular formula is C13H15F3N2O. The summed E-state index contributed by atoms with van der Waals surface area (Å²) in [4.78, 5) is 11.2. The normalized spacial score (nSPS) is 30.0. The van der Waals surface area contributed by atoms with Crippen molar-refractivity contribution in [2.45, 2.75) is 44.8 Å². The molecule has 104 valence electrons. The Morgan fingerprint density at radius 2 is 1.89 bits per heavy atom. The fraction of sp³-hybridized carbons (Fsp3) is 0.692. The van der Waals surface area contributed by atoms with Crippen LogP contribution in [0.4, 0.5) is 13.2 Å². The van der Waals surface area contributed by atoms with E-state index in [-0.39, 0.29) is 29.6 Å². The Hall–Kier alpha value is -1.33. The number of aromatic nitrogens is 2. The third-order valence-electron chi connectivity index (χ3n) is 4.14. The number of hydrogen-bond acceptors (Lipinski definition) is 2. The van der Waals surface area contributed by atoms with Gasteiger partial charge < -0.3 is 0 Å². The third kappa shape index (κ3) is 1.97. The standard InChI is InChI=1S/C13H15F3N2O/c1-6(2)18-10(5-11(17-18)13(14,15)16)12-8-3-7(19)4-9(8)12/h5-6,8-9,12H,3-4H2,1-2H3/t8-,9+,12+. The highest BCUT2D eigenvalue weighted by Gasteiger charge is 2.58. The van der Waals surface area contributed by atoms with Crippen molar-refractivity contribution in [3.05, 3.63) is 17.5 Å². The second-order valence-corrected chi connectivity index (χ2v) is 5.79. The average Bonchev–Trinajstić information content (AvgIpc) is 2.69. The van der Waals surface area contributed by atoms with Crippen LogP contribution in [0.2, 0.25) is 0 Å². The molecule has 3 nitrogen and oxygen atoms in total. The maximum atomic E-state index is 12.8. The first-order valence-electron chi connectivity index (χ1n) is 6.47. The summed E-state index contributed by atoms with van der Waals surface area (Å²) in [7, 11) is 0. The highest BCUT2D eigenvalue weighted by atomic mass is 19.4. The Balaban J connectivity index is 1.93. The number of Topliss-reactive ketones (excluding diaryl/α,β-unsaturated/α-hetero) is 1. The predicted octanol–water partition coefficient (Wildman–Crippen LogP) is 3.18. The lowest BCUT2D eigenvalue weighted by Crippen LogP contribution is -2.11. The van der Waals surface area contributed by atoms with Crippen molar-refractivity contribution < 1.29 is 18.0 Å². The second-order valence-electron chi connectivity index (χ2n) is 5.79. The molecule has 1 aromatic heterocycles. The molecular weight excluding hydrogens is 257 g/mol. The van der Waals surface area contributed by atoms with Crippen molar-refractivity contribution in [2.75, 3.05) is 0 Å². The lowest BCUT2D eigenvalue weighted by Gasteiger charge is -2.11. The highest BCUT2D eigenvalue weighted by molar-refractivity contribution is 5.83. The number of fused-ring (bicyclic) bond motifs is 1. The van der Waals surface area contributed by atoms with E-state index in [4.69, 9.17) is 0 Å². The van der Waals surface area contributed by atoms with Crippen LogP contribution in [0.5, 0.6) is 0 Å². The number of carbonyl (C=O) groups excluding carboxylic acids is 1. The Labute approximate surface area is 108 Å². The average molecular weight is 272 g/mol. The molecule has 0 aromatic carbocycles. The minimum Gasteiger partial charge on any atom is -0.300 e. The van der Waals surface area contributed by atoms with E-state index in [1.54, 1.807) is 0 Å². The molecule has 3 rings (SSSR count). The Morgan fingerprint density at radius 3 is 2.37 bits per heavy atom. The van der Waals surface area contributed by atoms with E-state index < -0.39 is 11.9 Å². The van der Waals surface area contributed by atoms with Gasteiger partial charge in [0.25, 0.3) is 0 Å². The summed E-state index contributed by atoms with van der Waals surface area (Å²) in [5.41, 5.74) is -0.183. The van der Waals surface area contributed by atoms with Crippen LogP contribution in [0, 0.1) is 11.8 Å². The van der Waals surface area contributed by atoms with Crippen LogP contribution >= 0.6 is 0 Å². The van der Waals surface area contributed by atoms with Gasteiger partial charge in [0.05, 0.1) is 0 Å². The second kappa shape index (κ2) is 3.84. The summed E-state index contributed by atoms with van der Waals surface area (Å²) in [6.07, 6.45) is -3.38. The Morgan fingerprint density at radius 1 is 1.32 bits per heavy atom. The van der Waals surface area contributed by atoms with Crippen LogP contribution in [-0.4, -0.2) is 15.6 Å². The molecule has 0 unspecified atom stereocenters. The summed E-state index contributed by atoms with van der Waals surface area (Å²) < 4.78 is 39.7. The molecule has 0 bridgehead atoms. The molecule has 0 spiro atoms. The van der Waals surface area contributed by atoms with Crippen molar-refractivity contribution in [1.29, 1.82) is 0 Å². The summed E-state index contributed by atoms with van der Waals surface area (Å²) in [6.45, 7) is 3.64. The van der Waals surface area contributed by atoms with Crippen LogP contribution < -0.4 is 0 Å². The molecule has 0 radical (unpaired) electrons. The first kappa shape index (κ1) is 12.7. The minimum atomic E-state index is -4.41. The molecule has 0 aliphatic heterocycles. The number of alkyl halides is 3. The van der Waals surface area contributed by atoms with Crippen LogP contribution in [0.25, 0.3) is 0 Å². The fourth-order valence-electron chi connectivity index (χ4n) is 3.26. The molecule has 0 saturated heterocycles. The summed E-state index contributed by atoms with van der Waals surface area (Å²) >= 11 is 0. The SMILES string of the molecule is CC(C)n1nc(C(F)(F)F)cc1[C@H]1[C@@H]2CC(=O)C[C@@H]21. The number of carbonyl (C=O) groups is 1. The number of ketones is 1. The zero-order valence-corrected chi connectivity index (χ0v) is 10.7. The highest BCUT2D eigenvalue weighted by Crippen LogP contribution is 2.62. The number of halogens is 3. The zero-order valence-electron chi connectivity index (χ0n) is 10.7. The molecule has 1 heterocycles. The first-order chi connectivity index (χ1) is 8.79. The number of nitrogens with zero attached hydrogens (tertiary/aromatic N) is 2. The minimum absolute atomic E-state index is 0.0868. The van der Waals surface area contributed by atoms with E-state index in [0.717, 1.165) is 6.07 Å². The number of hydrogen-bond donors (Lipinski definition) is 0. The van der Waals surface area contributed by atoms with Crippen molar-refractivity contribution >= 4 is 5.78 Å². The van der Waals surface area contributed by atoms with E-state index in [1.807, 2.05) is 13.8 Å². The molecule has 3 atom stereocenters. The summed E-state index contributed by atoms with van der Waals surface area (Å²) in [5, 5.41) is 3.70. The van der Waals surface area contributed by atoms with Crippen LogP contribution in [0.3, 0.4) is 0 Å². The first-order valence-corrected chi connectivity index (χ1v) is 6.47. The van der Waals surface area contributed by atoms with Crippen LogP contribution in [-0.2, 0) is 11.0 Å². The fourth-order valence-corrected chi connectivity index (χ4v) is 3.26. The van der Waals surface area contributed by atoms with Crippen LogP contribution in [0.1, 0.15) is 50.0 Å². The van der Waals surface area contributed by atoms with E-state index in [9.17, 15) is 18.0 Å². The zero-order chi connectivity index (χ0) is 13.9. The largest absolute Gasteiger partial charge is 0.435 e. The van der Waals surface area contributed by atoms with Gasteiger partial charge in [-0.15, -0.1) is 0 Å². The molecule has 1 aromatic rings. The molecule has 19 heavy (non-hydrogen) atoms. The molecule has 0 N–H and O–H groups in total. The van der Waals surface area contributed by atoms with Gasteiger partial charge in [-0.25, -0.2) is 0 Å². The molecule has 2 aliphatic carbocycles. The summed E-state index contributed by atoms with van der Waals surface area (Å²) in [6, 6.07) is 1.05. The lowest BCUT2D eigenvalue weighted by atomic mass is 10.1. The van der Waals surface area contributed by atoms with Crippen molar-refractivity contribution in [1.82, 2.24) is 9.78 Å². The van der Waals surface area contributed by atoms with Crippen molar-refractivity contribution in [3.8, 4) is 0 Å². The van der Waals surface area contributed by atoms with Gasteiger partial charge in [-0.1, -0.05) is 0 Å². The summed E-state index contributed by atoms with van der Waals surface area (Å²) in [5.74, 6) is 0.798. The number of rotatable bonds is 2. The lowest BCUT2D eigenvalue weighted by molar-refractivity contribution is -0.141. The molecule has 2 aliphatic rings. The quantitative estimate of drug-likeness (QED) is 0.828. The van der Waals surface area contributed by atoms with Crippen LogP contribution in [0.15, 0.2) is 6.07 Å². The monoisotopic (exact) mass is 272 g/mol. The maximum Gasteiger partial charge on any atom is 0.435 e. The molecule has 2 saturated carbocycles. The third-order valence-corrected chi connectivity index (χ3v) is 4.14. The smallest absolute Gasteiger partial charge is 0.300 e. The van der Waals surface area contributed by atoms with E-state index in [0.29, 0.717) is 18.5 Å². The Bertz CT molecular complexity index is 518. The van der Waals surface area contributed by atoms with Gasteiger partial charge in [-0.2, -0.15) is 18.3 Å². The van der Waals surface area contributed by atoms with Gasteiger partial charge in [-0.3, -0.25) is 9.48 Å². The van der Waals surface area contributed by atoms with Gasteiger partial charge in [0, 0.05) is 30.5 Å². The molecule has 0 amide bonds. The van der Waals surface area contributed by atoms with Gasteiger partial charge in [0.15, 0.2) is 5.69 Å². The topological polar surface area (TPSA) is 34.9 Å². The molecule has 6 heteroatoms. The van der Waals surface area contributed by atoms with Crippen molar-refractivity contribution in [3.63, 3.8) is 0 Å². The Kier molecular flexibility index (Phi) is 2.56. The van der Waals surface area contributed by atoms with E-state index in [1.165, 1.54) is 4.68 Å². The van der Waals surface area contributed by atoms with Gasteiger partial charge in [-0.05, 0) is 31.7 Å². The van der Waals surface area contributed by atoms with Gasteiger partial charge in [0.2, 0.25) is 0 Å². The van der Waals surface area contributed by atoms with E-state index >= 15 is 0 Å². The van der Waals surface area contributed by atoms with Gasteiger partial charge >= 0.3 is 6.18 Å². The molecule has 2 fully saturated rings. The van der Waals surface area contributed by atoms with Crippen molar-refractivity contribution in [2.24, 2.45) is 11.8 Å². The van der Waals surface area contributed by atoms with E-state index in [2.05, 4.69) is 5.10 Å².